The summed E-state index contributed by atoms with van der Waals surface area (Å²) in [7, 11) is 1.65. The fourth-order valence-corrected chi connectivity index (χ4v) is 2.26. The van der Waals surface area contributed by atoms with Crippen molar-refractivity contribution >= 4 is 17.8 Å². The summed E-state index contributed by atoms with van der Waals surface area (Å²) in [5.41, 5.74) is 0. The third kappa shape index (κ3) is 6.04. The highest BCUT2D eigenvalue weighted by atomic mass is 16.4. The predicted octanol–water partition coefficient (Wildman–Crippen LogP) is 1.10. The molecule has 114 valence electrons. The van der Waals surface area contributed by atoms with E-state index in [0.29, 0.717) is 25.9 Å². The molecule has 1 heterocycles. The van der Waals surface area contributed by atoms with Gasteiger partial charge in [0.05, 0.1) is 6.54 Å². The number of carboxylic acids is 1. The third-order valence-electron chi connectivity index (χ3n) is 3.56. The Kier molecular flexibility index (Phi) is 7.04. The van der Waals surface area contributed by atoms with E-state index in [0.717, 1.165) is 25.7 Å². The van der Waals surface area contributed by atoms with E-state index < -0.39 is 5.97 Å². The maximum absolute atomic E-state index is 12.0. The van der Waals surface area contributed by atoms with Gasteiger partial charge < -0.3 is 14.9 Å². The quantitative estimate of drug-likeness (QED) is 0.792. The number of amides is 2. The first-order valence-electron chi connectivity index (χ1n) is 7.24. The Hall–Kier alpha value is -1.59. The first-order chi connectivity index (χ1) is 9.50. The Balaban J connectivity index is 2.38. The topological polar surface area (TPSA) is 77.9 Å². The van der Waals surface area contributed by atoms with Crippen molar-refractivity contribution in [2.24, 2.45) is 0 Å². The molecule has 1 rings (SSSR count). The van der Waals surface area contributed by atoms with Gasteiger partial charge in [0.1, 0.15) is 0 Å². The van der Waals surface area contributed by atoms with Gasteiger partial charge in [0.2, 0.25) is 11.8 Å². The molecule has 1 fully saturated rings. The Morgan fingerprint density at radius 3 is 2.65 bits per heavy atom. The fourth-order valence-electron chi connectivity index (χ4n) is 2.26. The summed E-state index contributed by atoms with van der Waals surface area (Å²) in [5.74, 6) is -0.925. The van der Waals surface area contributed by atoms with E-state index in [2.05, 4.69) is 0 Å². The maximum Gasteiger partial charge on any atom is 0.303 e. The number of hydrogen-bond acceptors (Lipinski definition) is 3. The van der Waals surface area contributed by atoms with E-state index >= 15 is 0 Å². The number of rotatable bonds is 6. The molecule has 1 aliphatic heterocycles. The van der Waals surface area contributed by atoms with Gasteiger partial charge in [-0.25, -0.2) is 0 Å². The van der Waals surface area contributed by atoms with Crippen LogP contribution in [0.4, 0.5) is 0 Å². The summed E-state index contributed by atoms with van der Waals surface area (Å²) in [4.78, 5) is 37.5. The van der Waals surface area contributed by atoms with Crippen LogP contribution in [0.25, 0.3) is 0 Å². The molecular formula is C14H24N2O4. The summed E-state index contributed by atoms with van der Waals surface area (Å²) in [6.45, 7) is 1.17. The van der Waals surface area contributed by atoms with Crippen molar-refractivity contribution in [1.29, 1.82) is 0 Å². The van der Waals surface area contributed by atoms with Crippen molar-refractivity contribution in [1.82, 2.24) is 9.80 Å². The van der Waals surface area contributed by atoms with Crippen molar-refractivity contribution in [3.63, 3.8) is 0 Å². The lowest BCUT2D eigenvalue weighted by atomic mass is 10.1. The molecule has 0 radical (unpaired) electrons. The second-order valence-corrected chi connectivity index (χ2v) is 5.29. The first-order valence-corrected chi connectivity index (χ1v) is 7.24. The lowest BCUT2D eigenvalue weighted by Crippen LogP contribution is -2.42. The van der Waals surface area contributed by atoms with E-state index in [-0.39, 0.29) is 24.8 Å². The number of nitrogens with zero attached hydrogens (tertiary/aromatic N) is 2. The molecule has 6 nitrogen and oxygen atoms in total. The summed E-state index contributed by atoms with van der Waals surface area (Å²) < 4.78 is 0. The molecule has 0 aromatic carbocycles. The monoisotopic (exact) mass is 284 g/mol. The van der Waals surface area contributed by atoms with Crippen molar-refractivity contribution in [2.75, 3.05) is 26.7 Å². The third-order valence-corrected chi connectivity index (χ3v) is 3.56. The van der Waals surface area contributed by atoms with Gasteiger partial charge in [-0.2, -0.15) is 0 Å². The van der Waals surface area contributed by atoms with E-state index in [1.807, 2.05) is 0 Å². The molecule has 0 spiro atoms. The number of hydrogen-bond donors (Lipinski definition) is 1. The Bertz CT molecular complexity index is 357. The second-order valence-electron chi connectivity index (χ2n) is 5.29. The van der Waals surface area contributed by atoms with Crippen LogP contribution >= 0.6 is 0 Å². The minimum atomic E-state index is -0.857. The zero-order valence-corrected chi connectivity index (χ0v) is 12.1. The highest BCUT2D eigenvalue weighted by molar-refractivity contribution is 5.84. The second kappa shape index (κ2) is 8.55. The first kappa shape index (κ1) is 16.5. The van der Waals surface area contributed by atoms with Crippen molar-refractivity contribution in [3.05, 3.63) is 0 Å². The molecule has 0 bridgehead atoms. The van der Waals surface area contributed by atoms with Gasteiger partial charge in [-0.3, -0.25) is 14.4 Å². The molecule has 20 heavy (non-hydrogen) atoms. The van der Waals surface area contributed by atoms with E-state index in [1.165, 1.54) is 4.90 Å². The molecular weight excluding hydrogens is 260 g/mol. The van der Waals surface area contributed by atoms with Crippen LogP contribution in [0.15, 0.2) is 0 Å². The van der Waals surface area contributed by atoms with Crippen LogP contribution in [0.1, 0.15) is 44.9 Å². The molecule has 0 aromatic rings. The standard InChI is InChI=1S/C14H24N2O4/c1-15(9-6-8-14(19)20)13(18)11-16-10-5-3-2-4-7-12(16)17/h2-11H2,1H3,(H,19,20). The fraction of sp³-hybridized carbons (Fsp3) is 0.786. The lowest BCUT2D eigenvalue weighted by Gasteiger charge is -2.26. The summed E-state index contributed by atoms with van der Waals surface area (Å²) >= 11 is 0. The average Bonchev–Trinajstić information content (AvgIpc) is 2.37. The summed E-state index contributed by atoms with van der Waals surface area (Å²) in [5, 5.41) is 8.56. The number of aliphatic carboxylic acids is 1. The largest absolute Gasteiger partial charge is 0.481 e. The number of likely N-dealkylation sites (N-methyl/N-ethyl adjacent to an activating group) is 1. The van der Waals surface area contributed by atoms with Gasteiger partial charge in [-0.15, -0.1) is 0 Å². The van der Waals surface area contributed by atoms with Gasteiger partial charge in [0, 0.05) is 33.0 Å². The minimum absolute atomic E-state index is 0.0528. The Morgan fingerprint density at radius 2 is 1.95 bits per heavy atom. The summed E-state index contributed by atoms with van der Waals surface area (Å²) in [6, 6.07) is 0. The minimum Gasteiger partial charge on any atom is -0.481 e. The molecule has 1 saturated heterocycles. The van der Waals surface area contributed by atoms with E-state index in [1.54, 1.807) is 11.9 Å². The van der Waals surface area contributed by atoms with Crippen LogP contribution in [-0.4, -0.2) is 59.4 Å². The molecule has 0 saturated carbocycles. The van der Waals surface area contributed by atoms with Crippen LogP contribution in [0, 0.1) is 0 Å². The highest BCUT2D eigenvalue weighted by Gasteiger charge is 2.20. The molecule has 6 heteroatoms. The molecule has 0 aliphatic carbocycles. The lowest BCUT2D eigenvalue weighted by molar-refractivity contribution is -0.140. The maximum atomic E-state index is 12.0. The van der Waals surface area contributed by atoms with Crippen LogP contribution in [0.3, 0.4) is 0 Å². The SMILES string of the molecule is CN(CCCC(=O)O)C(=O)CN1CCCCCCC1=O. The molecule has 0 atom stereocenters. The van der Waals surface area contributed by atoms with Crippen LogP contribution in [-0.2, 0) is 14.4 Å². The Labute approximate surface area is 119 Å². The zero-order chi connectivity index (χ0) is 15.0. The van der Waals surface area contributed by atoms with E-state index in [4.69, 9.17) is 5.11 Å². The van der Waals surface area contributed by atoms with Crippen LogP contribution < -0.4 is 0 Å². The van der Waals surface area contributed by atoms with Crippen molar-refractivity contribution in [3.8, 4) is 0 Å². The number of carbonyl (C=O) groups is 3. The number of likely N-dealkylation sites (tertiary alicyclic amines) is 1. The molecule has 2 amide bonds. The molecule has 1 N–H and O–H groups in total. The van der Waals surface area contributed by atoms with Gasteiger partial charge >= 0.3 is 5.97 Å². The van der Waals surface area contributed by atoms with Gasteiger partial charge in [0.25, 0.3) is 0 Å². The summed E-state index contributed by atoms with van der Waals surface area (Å²) in [6.07, 6.45) is 5.05. The molecule has 0 unspecified atom stereocenters. The van der Waals surface area contributed by atoms with Crippen molar-refractivity contribution < 1.29 is 19.5 Å². The average molecular weight is 284 g/mol. The van der Waals surface area contributed by atoms with Crippen LogP contribution in [0.2, 0.25) is 0 Å². The zero-order valence-electron chi connectivity index (χ0n) is 12.1. The molecule has 0 aromatic heterocycles. The highest BCUT2D eigenvalue weighted by Crippen LogP contribution is 2.11. The van der Waals surface area contributed by atoms with Crippen LogP contribution in [0.5, 0.6) is 0 Å². The number of carbonyl (C=O) groups excluding carboxylic acids is 2. The predicted molar refractivity (Wildman–Crippen MR) is 74.2 cm³/mol. The normalized spacial score (nSPS) is 16.4. The van der Waals surface area contributed by atoms with E-state index in [9.17, 15) is 14.4 Å². The molecule has 1 aliphatic rings. The van der Waals surface area contributed by atoms with Gasteiger partial charge in [-0.05, 0) is 19.3 Å². The van der Waals surface area contributed by atoms with Gasteiger partial charge in [-0.1, -0.05) is 12.8 Å². The number of carboxylic acid groups (broad SMARTS) is 1. The van der Waals surface area contributed by atoms with Gasteiger partial charge in [0.15, 0.2) is 0 Å². The smallest absolute Gasteiger partial charge is 0.303 e. The van der Waals surface area contributed by atoms with Crippen molar-refractivity contribution in [2.45, 2.75) is 44.9 Å². The Morgan fingerprint density at radius 1 is 1.25 bits per heavy atom.